The second kappa shape index (κ2) is 9.15. The number of phenols is 1. The van der Waals surface area contributed by atoms with Crippen molar-refractivity contribution in [3.8, 4) is 5.75 Å². The number of allylic oxidation sites excluding steroid dienone is 5. The Kier molecular flexibility index (Phi) is 7.41. The van der Waals surface area contributed by atoms with Crippen molar-refractivity contribution < 1.29 is 9.90 Å². The van der Waals surface area contributed by atoms with Crippen LogP contribution in [0.1, 0.15) is 99.8 Å². The Morgan fingerprint density at radius 3 is 1.50 bits per heavy atom. The molecule has 2 rings (SSSR count). The van der Waals surface area contributed by atoms with Crippen molar-refractivity contribution in [2.75, 3.05) is 0 Å². The summed E-state index contributed by atoms with van der Waals surface area (Å²) < 4.78 is 0. The van der Waals surface area contributed by atoms with E-state index >= 15 is 0 Å². The molecule has 1 N–H and O–H groups in total. The molecule has 0 fully saturated rings. The van der Waals surface area contributed by atoms with Gasteiger partial charge in [-0.05, 0) is 51.5 Å². The fourth-order valence-corrected chi connectivity index (χ4v) is 3.86. The maximum Gasteiger partial charge on any atom is 0.186 e. The van der Waals surface area contributed by atoms with Gasteiger partial charge in [0.05, 0.1) is 6.21 Å². The normalized spacial score (nSPS) is 15.9. The Bertz CT molecular complexity index is 1060. The van der Waals surface area contributed by atoms with Gasteiger partial charge in [0, 0.05) is 33.7 Å². The van der Waals surface area contributed by atoms with E-state index < -0.39 is 0 Å². The predicted octanol–water partition coefficient (Wildman–Crippen LogP) is 7.44. The molecule has 0 saturated carbocycles. The van der Waals surface area contributed by atoms with Crippen molar-refractivity contribution in [2.45, 2.75) is 93.9 Å². The zero-order valence-electron chi connectivity index (χ0n) is 23.1. The predicted molar refractivity (Wildman–Crippen MR) is 144 cm³/mol. The first-order valence-electron chi connectivity index (χ1n) is 12.0. The van der Waals surface area contributed by atoms with Crippen molar-refractivity contribution in [3.05, 3.63) is 57.7 Å². The minimum atomic E-state index is -0.281. The molecule has 1 aliphatic rings. The summed E-state index contributed by atoms with van der Waals surface area (Å²) >= 11 is 0. The van der Waals surface area contributed by atoms with Crippen LogP contribution >= 0.6 is 0 Å². The molecule has 184 valence electrons. The van der Waals surface area contributed by atoms with Crippen LogP contribution in [0.25, 0.3) is 0 Å². The lowest BCUT2D eigenvalue weighted by molar-refractivity contribution is -0.114. The van der Waals surface area contributed by atoms with E-state index in [0.29, 0.717) is 5.75 Å². The third-order valence-electron chi connectivity index (χ3n) is 5.90. The van der Waals surface area contributed by atoms with Crippen molar-refractivity contribution in [2.24, 2.45) is 21.0 Å². The lowest BCUT2D eigenvalue weighted by atomic mass is 9.72. The van der Waals surface area contributed by atoms with Gasteiger partial charge in [0.15, 0.2) is 5.78 Å². The highest BCUT2D eigenvalue weighted by molar-refractivity contribution is 6.12. The first-order valence-corrected chi connectivity index (χ1v) is 12.0. The third kappa shape index (κ3) is 6.45. The van der Waals surface area contributed by atoms with Crippen molar-refractivity contribution in [1.82, 2.24) is 0 Å². The average Bonchev–Trinajstić information content (AvgIpc) is 2.63. The van der Waals surface area contributed by atoms with Crippen LogP contribution in [0.5, 0.6) is 5.75 Å². The summed E-state index contributed by atoms with van der Waals surface area (Å²) in [6, 6.07) is 3.93. The van der Waals surface area contributed by atoms with Crippen LogP contribution in [0.4, 0.5) is 0 Å². The van der Waals surface area contributed by atoms with Gasteiger partial charge in [0.1, 0.15) is 5.75 Å². The van der Waals surface area contributed by atoms with Crippen molar-refractivity contribution in [1.29, 1.82) is 0 Å². The standard InChI is InChI=1S/C30H42N2O2/c1-27(2,3)21-13-19(14-22(25(21)33)28(4,5)6)17-31-32-18-20-15-23(29(7,8)9)26(34)24(16-20)30(10,11)12/h13-17,33H,1-12H3. The Balaban J connectivity index is 2.56. The Hall–Kier alpha value is -2.71. The molecule has 0 bridgehead atoms. The Morgan fingerprint density at radius 2 is 1.15 bits per heavy atom. The van der Waals surface area contributed by atoms with Gasteiger partial charge in [-0.1, -0.05) is 83.1 Å². The summed E-state index contributed by atoms with van der Waals surface area (Å²) in [5.41, 5.74) is 3.89. The van der Waals surface area contributed by atoms with Crippen LogP contribution < -0.4 is 0 Å². The van der Waals surface area contributed by atoms with E-state index in [2.05, 4.69) is 57.6 Å². The molecule has 0 aliphatic heterocycles. The van der Waals surface area contributed by atoms with Crippen LogP contribution in [0.2, 0.25) is 0 Å². The number of phenolic OH excluding ortho intramolecular Hbond substituents is 1. The highest BCUT2D eigenvalue weighted by atomic mass is 16.3. The van der Waals surface area contributed by atoms with Gasteiger partial charge >= 0.3 is 0 Å². The monoisotopic (exact) mass is 462 g/mol. The summed E-state index contributed by atoms with van der Waals surface area (Å²) in [4.78, 5) is 13.1. The number of carbonyl (C=O) groups excluding carboxylic acids is 1. The van der Waals surface area contributed by atoms with E-state index in [0.717, 1.165) is 33.4 Å². The molecular weight excluding hydrogens is 420 g/mol. The first-order chi connectivity index (χ1) is 15.2. The zero-order valence-corrected chi connectivity index (χ0v) is 23.1. The molecule has 4 nitrogen and oxygen atoms in total. The van der Waals surface area contributed by atoms with Crippen LogP contribution in [0.3, 0.4) is 0 Å². The maximum atomic E-state index is 13.1. The Labute approximate surface area is 206 Å². The van der Waals surface area contributed by atoms with Crippen LogP contribution in [-0.4, -0.2) is 23.0 Å². The number of aromatic hydroxyl groups is 1. The van der Waals surface area contributed by atoms with Crippen molar-refractivity contribution >= 4 is 17.9 Å². The second-order valence-corrected chi connectivity index (χ2v) is 13.3. The van der Waals surface area contributed by atoms with E-state index in [1.54, 1.807) is 6.21 Å². The maximum absolute atomic E-state index is 13.1. The molecule has 34 heavy (non-hydrogen) atoms. The summed E-state index contributed by atoms with van der Waals surface area (Å²) in [7, 11) is 0. The summed E-state index contributed by atoms with van der Waals surface area (Å²) in [6.07, 6.45) is 5.42. The molecule has 0 heterocycles. The topological polar surface area (TPSA) is 62.0 Å². The molecule has 1 aromatic carbocycles. The van der Waals surface area contributed by atoms with Gasteiger partial charge in [-0.25, -0.2) is 0 Å². The highest BCUT2D eigenvalue weighted by Crippen LogP contribution is 2.40. The molecule has 0 aromatic heterocycles. The van der Waals surface area contributed by atoms with Crippen LogP contribution in [0, 0.1) is 10.8 Å². The summed E-state index contributed by atoms with van der Waals surface area (Å²) in [5.74, 6) is 3.43. The van der Waals surface area contributed by atoms with Crippen molar-refractivity contribution in [3.63, 3.8) is 0 Å². The second-order valence-electron chi connectivity index (χ2n) is 13.3. The molecule has 1 aliphatic carbocycles. The molecular formula is C30H42N2O2. The number of Topliss-reactive ketones (excluding diaryl/α,β-unsaturated/α-hetero) is 1. The molecule has 0 atom stereocenters. The number of rotatable bonds is 2. The molecule has 0 amide bonds. The van der Waals surface area contributed by atoms with E-state index in [9.17, 15) is 9.90 Å². The SMILES string of the molecule is CC(C)(C)C1=CC(=C=NN=Cc2cc(C(C)(C)C)c(O)c(C(C)(C)C)c2)C=C(C(C)(C)C)C1=O. The number of carbonyl (C=O) groups is 1. The minimum absolute atomic E-state index is 0.0857. The van der Waals surface area contributed by atoms with Gasteiger partial charge in [-0.2, -0.15) is 0 Å². The lowest BCUT2D eigenvalue weighted by Gasteiger charge is -2.30. The summed E-state index contributed by atoms with van der Waals surface area (Å²) in [5, 5.41) is 19.3. The van der Waals surface area contributed by atoms with E-state index in [1.165, 1.54) is 0 Å². The smallest absolute Gasteiger partial charge is 0.186 e. The number of hydrogen-bond donors (Lipinski definition) is 1. The van der Waals surface area contributed by atoms with Crippen LogP contribution in [0.15, 0.2) is 51.2 Å². The highest BCUT2D eigenvalue weighted by Gasteiger charge is 2.34. The molecule has 0 unspecified atom stereocenters. The number of benzene rings is 1. The fraction of sp³-hybridized carbons (Fsp3) is 0.533. The van der Waals surface area contributed by atoms with E-state index in [-0.39, 0.29) is 27.4 Å². The van der Waals surface area contributed by atoms with Crippen LogP contribution in [-0.2, 0) is 15.6 Å². The van der Waals surface area contributed by atoms with Gasteiger partial charge in [-0.3, -0.25) is 4.79 Å². The van der Waals surface area contributed by atoms with Gasteiger partial charge in [0.25, 0.3) is 0 Å². The molecule has 1 aromatic rings. The number of ketones is 1. The summed E-state index contributed by atoms with van der Waals surface area (Å²) in [6.45, 7) is 24.8. The van der Waals surface area contributed by atoms with Gasteiger partial charge < -0.3 is 5.11 Å². The van der Waals surface area contributed by atoms with E-state index in [4.69, 9.17) is 0 Å². The van der Waals surface area contributed by atoms with Gasteiger partial charge in [0.2, 0.25) is 0 Å². The average molecular weight is 463 g/mol. The third-order valence-corrected chi connectivity index (χ3v) is 5.90. The minimum Gasteiger partial charge on any atom is -0.507 e. The molecule has 0 spiro atoms. The Morgan fingerprint density at radius 1 is 0.735 bits per heavy atom. The zero-order chi connectivity index (χ0) is 26.3. The van der Waals surface area contributed by atoms with E-state index in [1.807, 2.05) is 65.8 Å². The number of nitrogens with zero attached hydrogens (tertiary/aromatic N) is 2. The van der Waals surface area contributed by atoms with Gasteiger partial charge in [-0.15, -0.1) is 10.2 Å². The molecule has 4 heteroatoms. The molecule has 0 radical (unpaired) electrons. The first kappa shape index (κ1) is 27.5. The molecule has 0 saturated heterocycles. The fourth-order valence-electron chi connectivity index (χ4n) is 3.86. The largest absolute Gasteiger partial charge is 0.507 e. The lowest BCUT2D eigenvalue weighted by Crippen LogP contribution is -2.28. The quantitative estimate of drug-likeness (QED) is 0.366. The number of hydrogen-bond acceptors (Lipinski definition) is 4.